The summed E-state index contributed by atoms with van der Waals surface area (Å²) in [5, 5.41) is 5.02. The van der Waals surface area contributed by atoms with Gasteiger partial charge in [-0.05, 0) is 94.0 Å². The van der Waals surface area contributed by atoms with Crippen LogP contribution in [0.3, 0.4) is 0 Å². The topological polar surface area (TPSA) is 8.17 Å². The molecule has 0 unspecified atom stereocenters. The number of hydrogen-bond acceptors (Lipinski definition) is 2. The van der Waals surface area contributed by atoms with Crippen molar-refractivity contribution in [3.8, 4) is 39.1 Å². The van der Waals surface area contributed by atoms with E-state index in [2.05, 4.69) is 228 Å². The first-order valence-electron chi connectivity index (χ1n) is 19.4. The van der Waals surface area contributed by atoms with Gasteiger partial charge in [0.25, 0.3) is 0 Å². The van der Waals surface area contributed by atoms with Gasteiger partial charge in [-0.3, -0.25) is 0 Å². The van der Waals surface area contributed by atoms with Crippen molar-refractivity contribution >= 4 is 70.4 Å². The largest absolute Gasteiger partial charge is 0.310 e. The molecule has 0 fully saturated rings. The van der Waals surface area contributed by atoms with Crippen LogP contribution >= 0.6 is 11.3 Å². The highest BCUT2D eigenvalue weighted by Gasteiger charge is 2.22. The molecular weight excluding hydrogens is 709 g/mol. The van der Waals surface area contributed by atoms with Crippen molar-refractivity contribution < 1.29 is 0 Å². The normalized spacial score (nSPS) is 11.5. The lowest BCUT2D eigenvalue weighted by Gasteiger charge is -2.27. The number of nitrogens with zero attached hydrogens (tertiary/aromatic N) is 2. The van der Waals surface area contributed by atoms with Crippen LogP contribution in [0, 0.1) is 0 Å². The van der Waals surface area contributed by atoms with Crippen LogP contribution in [-0.2, 0) is 0 Å². The minimum absolute atomic E-state index is 1.10. The highest BCUT2D eigenvalue weighted by Crippen LogP contribution is 2.47. The molecule has 0 aliphatic heterocycles. The van der Waals surface area contributed by atoms with E-state index in [0.717, 1.165) is 22.6 Å². The molecule has 57 heavy (non-hydrogen) atoms. The van der Waals surface area contributed by atoms with E-state index in [9.17, 15) is 0 Å². The van der Waals surface area contributed by atoms with Gasteiger partial charge in [0.1, 0.15) is 0 Å². The predicted octanol–water partition coefficient (Wildman–Crippen LogP) is 15.6. The molecule has 0 aliphatic rings. The number of thiophene rings is 1. The second-order valence-electron chi connectivity index (χ2n) is 14.5. The van der Waals surface area contributed by atoms with E-state index >= 15 is 0 Å². The van der Waals surface area contributed by atoms with E-state index in [0.29, 0.717) is 0 Å². The quantitative estimate of drug-likeness (QED) is 0.158. The Morgan fingerprint density at radius 1 is 0.351 bits per heavy atom. The van der Waals surface area contributed by atoms with Gasteiger partial charge in [0.15, 0.2) is 0 Å². The zero-order valence-corrected chi connectivity index (χ0v) is 31.9. The van der Waals surface area contributed by atoms with Crippen LogP contribution in [0.4, 0.5) is 17.1 Å². The van der Waals surface area contributed by atoms with Crippen molar-refractivity contribution in [2.45, 2.75) is 0 Å². The van der Waals surface area contributed by atoms with Gasteiger partial charge < -0.3 is 9.47 Å². The molecule has 3 heteroatoms. The fraction of sp³-hybridized carbons (Fsp3) is 0. The van der Waals surface area contributed by atoms with Crippen molar-refractivity contribution in [3.05, 3.63) is 218 Å². The first-order valence-corrected chi connectivity index (χ1v) is 20.2. The summed E-state index contributed by atoms with van der Waals surface area (Å²) in [7, 11) is 0. The van der Waals surface area contributed by atoms with Crippen molar-refractivity contribution in [2.24, 2.45) is 0 Å². The third kappa shape index (κ3) is 5.71. The Labute approximate surface area is 335 Å². The third-order valence-electron chi connectivity index (χ3n) is 11.2. The molecule has 0 saturated carbocycles. The van der Waals surface area contributed by atoms with Crippen LogP contribution in [0.2, 0.25) is 0 Å². The van der Waals surface area contributed by atoms with Gasteiger partial charge in [0, 0.05) is 48.0 Å². The Hall–Kier alpha value is -7.20. The highest BCUT2D eigenvalue weighted by molar-refractivity contribution is 7.26. The number of anilines is 3. The molecule has 2 heterocycles. The second-order valence-corrected chi connectivity index (χ2v) is 15.6. The second kappa shape index (κ2) is 13.8. The lowest BCUT2D eigenvalue weighted by Crippen LogP contribution is -2.10. The molecule has 0 radical (unpaired) electrons. The van der Waals surface area contributed by atoms with Crippen molar-refractivity contribution in [1.29, 1.82) is 0 Å². The molecule has 0 amide bonds. The van der Waals surface area contributed by atoms with Crippen molar-refractivity contribution in [2.75, 3.05) is 4.90 Å². The van der Waals surface area contributed by atoms with Crippen LogP contribution < -0.4 is 4.90 Å². The van der Waals surface area contributed by atoms with Crippen LogP contribution in [0.1, 0.15) is 0 Å². The Kier molecular flexibility index (Phi) is 8.04. The molecule has 0 aliphatic carbocycles. The molecule has 2 aromatic heterocycles. The average Bonchev–Trinajstić information content (AvgIpc) is 3.84. The summed E-state index contributed by atoms with van der Waals surface area (Å²) in [5.41, 5.74) is 14.1. The maximum atomic E-state index is 2.45. The summed E-state index contributed by atoms with van der Waals surface area (Å²) in [6.45, 7) is 0. The van der Waals surface area contributed by atoms with Gasteiger partial charge in [-0.1, -0.05) is 158 Å². The smallest absolute Gasteiger partial charge is 0.0562 e. The first-order chi connectivity index (χ1) is 28.3. The summed E-state index contributed by atoms with van der Waals surface area (Å²) in [6.07, 6.45) is 0. The van der Waals surface area contributed by atoms with Crippen LogP contribution in [0.15, 0.2) is 218 Å². The van der Waals surface area contributed by atoms with E-state index in [-0.39, 0.29) is 0 Å². The van der Waals surface area contributed by atoms with E-state index < -0.39 is 0 Å². The molecule has 0 bridgehead atoms. The molecule has 11 rings (SSSR count). The van der Waals surface area contributed by atoms with E-state index in [1.807, 2.05) is 11.3 Å². The number of para-hydroxylation sites is 1. The fourth-order valence-corrected chi connectivity index (χ4v) is 9.69. The van der Waals surface area contributed by atoms with Crippen molar-refractivity contribution in [1.82, 2.24) is 4.57 Å². The van der Waals surface area contributed by atoms with Crippen LogP contribution in [0.5, 0.6) is 0 Å². The minimum atomic E-state index is 1.10. The molecule has 11 aromatic rings. The summed E-state index contributed by atoms with van der Waals surface area (Å²) in [4.78, 5) is 2.45. The molecule has 0 spiro atoms. The minimum Gasteiger partial charge on any atom is -0.310 e. The van der Waals surface area contributed by atoms with E-state index in [1.165, 1.54) is 75.5 Å². The summed E-state index contributed by atoms with van der Waals surface area (Å²) in [6, 6.07) is 79.4. The first kappa shape index (κ1) is 33.2. The van der Waals surface area contributed by atoms with Gasteiger partial charge in [-0.2, -0.15) is 0 Å². The number of hydrogen-bond donors (Lipinski definition) is 0. The number of aromatic nitrogens is 1. The van der Waals surface area contributed by atoms with Gasteiger partial charge in [-0.25, -0.2) is 0 Å². The SMILES string of the molecule is c1ccc(-c2ccc(-c3cccc4c3c3ccc(N(c5ccc(-c6ccccc6)cc5)c5cccc6sc7ccccc7c56)cc3n4-c3ccccc3)cc2)cc1. The van der Waals surface area contributed by atoms with Gasteiger partial charge >= 0.3 is 0 Å². The molecule has 9 aromatic carbocycles. The lowest BCUT2D eigenvalue weighted by atomic mass is 9.97. The standard InChI is InChI=1S/C54H36N2S/c1-4-14-37(15-5-1)39-26-28-41(29-27-39)45-21-12-22-48-53(45)46-35-34-44(36-50(46)56(48)42-18-8-3-9-19-42)55(43-32-30-40(31-33-43)38-16-6-2-7-17-38)49-23-13-25-52-54(49)47-20-10-11-24-51(47)57-52/h1-36H. The molecule has 2 nitrogen and oxygen atoms in total. The number of rotatable bonds is 7. The van der Waals surface area contributed by atoms with Crippen LogP contribution in [-0.4, -0.2) is 4.57 Å². The lowest BCUT2D eigenvalue weighted by molar-refractivity contribution is 1.18. The highest BCUT2D eigenvalue weighted by atomic mass is 32.1. The van der Waals surface area contributed by atoms with Gasteiger partial charge in [-0.15, -0.1) is 11.3 Å². The predicted molar refractivity (Wildman–Crippen MR) is 245 cm³/mol. The van der Waals surface area contributed by atoms with Crippen LogP contribution in [0.25, 0.3) is 81.0 Å². The van der Waals surface area contributed by atoms with Gasteiger partial charge in [0.05, 0.1) is 16.7 Å². The third-order valence-corrected chi connectivity index (χ3v) is 12.3. The Morgan fingerprint density at radius 3 is 1.63 bits per heavy atom. The number of fused-ring (bicyclic) bond motifs is 6. The zero-order chi connectivity index (χ0) is 37.7. The summed E-state index contributed by atoms with van der Waals surface area (Å²) in [5.74, 6) is 0. The number of benzene rings is 9. The maximum Gasteiger partial charge on any atom is 0.0562 e. The Bertz CT molecular complexity index is 3200. The maximum absolute atomic E-state index is 2.45. The summed E-state index contributed by atoms with van der Waals surface area (Å²) < 4.78 is 5.01. The zero-order valence-electron chi connectivity index (χ0n) is 31.1. The molecule has 0 atom stereocenters. The van der Waals surface area contributed by atoms with E-state index in [4.69, 9.17) is 0 Å². The van der Waals surface area contributed by atoms with Gasteiger partial charge in [0.2, 0.25) is 0 Å². The average molecular weight is 745 g/mol. The van der Waals surface area contributed by atoms with E-state index in [1.54, 1.807) is 0 Å². The molecule has 0 N–H and O–H groups in total. The molecule has 268 valence electrons. The molecular formula is C54H36N2S. The monoisotopic (exact) mass is 744 g/mol. The Balaban J connectivity index is 1.15. The van der Waals surface area contributed by atoms with Crippen molar-refractivity contribution in [3.63, 3.8) is 0 Å². The fourth-order valence-electron chi connectivity index (χ4n) is 8.57. The molecule has 0 saturated heterocycles. The Morgan fingerprint density at radius 2 is 0.912 bits per heavy atom. The summed E-state index contributed by atoms with van der Waals surface area (Å²) >= 11 is 1.86.